The van der Waals surface area contributed by atoms with Crippen LogP contribution in [0, 0.1) is 23.0 Å². The molecule has 4 saturated heterocycles. The molecule has 2 aromatic carbocycles. The molecule has 2 amide bonds. The molecule has 0 spiro atoms. The van der Waals surface area contributed by atoms with Crippen molar-refractivity contribution >= 4 is 45.8 Å². The number of nitrogens with one attached hydrogen (secondary N) is 1. The van der Waals surface area contributed by atoms with Crippen molar-refractivity contribution in [1.82, 2.24) is 19.8 Å². The second-order valence-electron chi connectivity index (χ2n) is 18.2. The zero-order chi connectivity index (χ0) is 41.8. The number of furan rings is 1. The average Bonchev–Trinajstić information content (AvgIpc) is 3.92. The van der Waals surface area contributed by atoms with Crippen molar-refractivity contribution in [3.8, 4) is 23.2 Å². The molecule has 4 atom stereocenters. The van der Waals surface area contributed by atoms with Crippen molar-refractivity contribution in [2.24, 2.45) is 0 Å². The van der Waals surface area contributed by atoms with Gasteiger partial charge in [-0.25, -0.2) is 22.8 Å². The Balaban J connectivity index is 1.19. The molecule has 9 rings (SSSR count). The number of nitriles is 1. The first-order valence-electron chi connectivity index (χ1n) is 20.0. The molecular formula is C42H46F3N7O7. The minimum atomic E-state index is -0.998. The van der Waals surface area contributed by atoms with Crippen LogP contribution in [0.5, 0.6) is 6.01 Å². The predicted octanol–water partition coefficient (Wildman–Crippen LogP) is 7.72. The number of hydrogen-bond acceptors (Lipinski definition) is 12. The van der Waals surface area contributed by atoms with Crippen LogP contribution in [-0.2, 0) is 27.4 Å². The molecule has 0 aliphatic carbocycles. The van der Waals surface area contributed by atoms with E-state index in [9.17, 15) is 19.2 Å². The summed E-state index contributed by atoms with van der Waals surface area (Å²) in [5.41, 5.74) is -2.02. The van der Waals surface area contributed by atoms with E-state index in [0.29, 0.717) is 48.4 Å². The van der Waals surface area contributed by atoms with Gasteiger partial charge in [-0.3, -0.25) is 10.2 Å². The minimum absolute atomic E-state index is 0.0228. The van der Waals surface area contributed by atoms with Crippen molar-refractivity contribution < 1.29 is 46.1 Å². The molecule has 4 fully saturated rings. The monoisotopic (exact) mass is 817 g/mol. The van der Waals surface area contributed by atoms with E-state index in [0.717, 1.165) is 31.9 Å². The molecule has 7 heterocycles. The van der Waals surface area contributed by atoms with E-state index in [1.165, 1.54) is 6.07 Å². The summed E-state index contributed by atoms with van der Waals surface area (Å²) in [6.07, 6.45) is 0.347. The first-order valence-corrected chi connectivity index (χ1v) is 20.0. The fraction of sp³-hybridized carbons (Fsp3) is 0.548. The van der Waals surface area contributed by atoms with Crippen LogP contribution in [0.1, 0.15) is 83.9 Å². The topological polar surface area (TPSA) is 156 Å². The number of alkyl halides is 1. The number of ether oxygens (including phenoxy) is 4. The van der Waals surface area contributed by atoms with Crippen LogP contribution in [0.3, 0.4) is 0 Å². The maximum absolute atomic E-state index is 17.8. The molecule has 5 aliphatic heterocycles. The summed E-state index contributed by atoms with van der Waals surface area (Å²) in [7, 11) is 0. The zero-order valence-electron chi connectivity index (χ0n) is 33.8. The molecule has 5 aliphatic rings. The van der Waals surface area contributed by atoms with Crippen molar-refractivity contribution in [1.29, 1.82) is 5.26 Å². The van der Waals surface area contributed by atoms with Gasteiger partial charge in [-0.15, -0.1) is 0 Å². The molecule has 17 heteroatoms. The van der Waals surface area contributed by atoms with Gasteiger partial charge in [0.05, 0.1) is 41.6 Å². The maximum Gasteiger partial charge on any atom is 0.414 e. The summed E-state index contributed by atoms with van der Waals surface area (Å²) in [5.74, 6) is -1.65. The highest BCUT2D eigenvalue weighted by Gasteiger charge is 2.51. The highest BCUT2D eigenvalue weighted by atomic mass is 19.1. The molecule has 4 aromatic rings. The van der Waals surface area contributed by atoms with E-state index in [4.69, 9.17) is 28.3 Å². The standard InChI is InChI=1S/C42H46F3N7O7/c1-40(2,3)58-38(53)49-36-24(14-46)29-28(57-36)9-8-27(44)32(29)30-25-18-55-19-26(25)31-34(33(30)45)47-37(56-20-42-10-7-11-51(42)15-21(43)13-42)48-35(31)52-22-12-23(52)17-50(16-22)39(54)59-41(4,5)6/h8-9,21-23H,7,10-13,15-20H2,1-6H3,(H,49,53)/t21-,22?,23?,42+/m1/s1. The Kier molecular flexibility index (Phi) is 9.20. The second-order valence-corrected chi connectivity index (χ2v) is 18.2. The molecule has 59 heavy (non-hydrogen) atoms. The fourth-order valence-electron chi connectivity index (χ4n) is 9.58. The molecule has 14 nitrogen and oxygen atoms in total. The van der Waals surface area contributed by atoms with Gasteiger partial charge in [-0.1, -0.05) is 0 Å². The van der Waals surface area contributed by atoms with E-state index in [1.54, 1.807) is 25.7 Å². The Morgan fingerprint density at radius 3 is 2.44 bits per heavy atom. The van der Waals surface area contributed by atoms with E-state index in [-0.39, 0.29) is 77.0 Å². The molecule has 2 aromatic heterocycles. The van der Waals surface area contributed by atoms with Crippen LogP contribution in [0.15, 0.2) is 16.5 Å². The van der Waals surface area contributed by atoms with Crippen LogP contribution in [0.25, 0.3) is 33.0 Å². The Hall–Kier alpha value is -5.34. The number of halogens is 3. The number of anilines is 2. The number of fused-ring (bicyclic) bond motifs is 7. The van der Waals surface area contributed by atoms with Crippen molar-refractivity contribution in [3.63, 3.8) is 0 Å². The van der Waals surface area contributed by atoms with Gasteiger partial charge < -0.3 is 33.2 Å². The number of aromatic nitrogens is 2. The third-order valence-electron chi connectivity index (χ3n) is 11.9. The molecule has 312 valence electrons. The van der Waals surface area contributed by atoms with Gasteiger partial charge in [0.2, 0.25) is 5.88 Å². The van der Waals surface area contributed by atoms with Gasteiger partial charge in [0.15, 0.2) is 5.82 Å². The van der Waals surface area contributed by atoms with E-state index in [1.807, 2.05) is 26.8 Å². The lowest BCUT2D eigenvalue weighted by molar-refractivity contribution is 0.00841. The van der Waals surface area contributed by atoms with Crippen LogP contribution in [0.4, 0.5) is 34.5 Å². The predicted molar refractivity (Wildman–Crippen MR) is 209 cm³/mol. The number of carbonyl (C=O) groups is 2. The first kappa shape index (κ1) is 39.1. The largest absolute Gasteiger partial charge is 0.461 e. The molecule has 2 unspecified atom stereocenters. The van der Waals surface area contributed by atoms with E-state index < -0.39 is 46.7 Å². The van der Waals surface area contributed by atoms with Crippen LogP contribution < -0.4 is 15.0 Å². The smallest absolute Gasteiger partial charge is 0.414 e. The van der Waals surface area contributed by atoms with Crippen molar-refractivity contribution in [2.75, 3.05) is 43.0 Å². The number of nitrogens with zero attached hydrogens (tertiary/aromatic N) is 6. The average molecular weight is 818 g/mol. The number of likely N-dealkylation sites (tertiary alicyclic amines) is 1. The van der Waals surface area contributed by atoms with Gasteiger partial charge in [0, 0.05) is 37.2 Å². The quantitative estimate of drug-likeness (QED) is 0.203. The van der Waals surface area contributed by atoms with Gasteiger partial charge >= 0.3 is 18.2 Å². The SMILES string of the molecule is CC(C)(C)OC(=O)Nc1oc2ccc(F)c(-c3c4c(c5c(N6C7CC6CN(C(=O)OC(C)(C)C)C7)nc(OC[C@@]67CCCN6C[C@H](F)C7)nc5c3F)COC4)c2c1C#N. The number of piperazine rings is 1. The summed E-state index contributed by atoms with van der Waals surface area (Å²) in [5, 5.41) is 13.1. The number of carbonyl (C=O) groups excluding carboxylic acids is 2. The number of piperidine rings is 1. The van der Waals surface area contributed by atoms with Crippen LogP contribution >= 0.6 is 0 Å². The van der Waals surface area contributed by atoms with Gasteiger partial charge in [-0.05, 0) is 90.6 Å². The minimum Gasteiger partial charge on any atom is -0.461 e. The second kappa shape index (κ2) is 13.9. The molecule has 2 bridgehead atoms. The normalized spacial score (nSPS) is 23.9. The first-order chi connectivity index (χ1) is 27.9. The summed E-state index contributed by atoms with van der Waals surface area (Å²) < 4.78 is 78.2. The third-order valence-corrected chi connectivity index (χ3v) is 11.9. The lowest BCUT2D eigenvalue weighted by Gasteiger charge is -2.56. The van der Waals surface area contributed by atoms with Crippen LogP contribution in [-0.4, -0.2) is 99.7 Å². The number of hydrogen-bond donors (Lipinski definition) is 1. The Labute approximate surface area is 338 Å². The lowest BCUT2D eigenvalue weighted by Crippen LogP contribution is -2.70. The lowest BCUT2D eigenvalue weighted by atomic mass is 9.86. The molecular weight excluding hydrogens is 771 g/mol. The number of rotatable bonds is 6. The Bertz CT molecular complexity index is 2450. The third kappa shape index (κ3) is 6.73. The van der Waals surface area contributed by atoms with Crippen molar-refractivity contribution in [2.45, 2.75) is 115 Å². The van der Waals surface area contributed by atoms with E-state index in [2.05, 4.69) is 20.1 Å². The summed E-state index contributed by atoms with van der Waals surface area (Å²) in [4.78, 5) is 41.3. The Morgan fingerprint density at radius 1 is 1.00 bits per heavy atom. The summed E-state index contributed by atoms with van der Waals surface area (Å²) in [6.45, 7) is 12.2. The summed E-state index contributed by atoms with van der Waals surface area (Å²) >= 11 is 0. The van der Waals surface area contributed by atoms with Crippen molar-refractivity contribution in [3.05, 3.63) is 40.5 Å². The molecule has 0 saturated carbocycles. The fourth-order valence-corrected chi connectivity index (χ4v) is 9.58. The molecule has 1 N–H and O–H groups in total. The highest BCUT2D eigenvalue weighted by Crippen LogP contribution is 2.49. The van der Waals surface area contributed by atoms with Gasteiger partial charge in [0.1, 0.15) is 58.3 Å². The highest BCUT2D eigenvalue weighted by molar-refractivity contribution is 6.07. The van der Waals surface area contributed by atoms with Gasteiger partial charge in [0.25, 0.3) is 0 Å². The Morgan fingerprint density at radius 2 is 1.73 bits per heavy atom. The van der Waals surface area contributed by atoms with E-state index >= 15 is 8.78 Å². The summed E-state index contributed by atoms with van der Waals surface area (Å²) in [6, 6.07) is 3.91. The van der Waals surface area contributed by atoms with Gasteiger partial charge in [-0.2, -0.15) is 15.2 Å². The molecule has 0 radical (unpaired) electrons. The van der Waals surface area contributed by atoms with Crippen LogP contribution in [0.2, 0.25) is 0 Å². The zero-order valence-corrected chi connectivity index (χ0v) is 33.8. The number of amides is 2. The maximum atomic E-state index is 17.8. The number of benzene rings is 2.